The Morgan fingerprint density at radius 1 is 1.64 bits per heavy atom. The maximum absolute atomic E-state index is 9.69. The normalized spacial score (nSPS) is 5.55. The zero-order chi connectivity index (χ0) is 6.57. The van der Waals surface area contributed by atoms with Gasteiger partial charge >= 0.3 is 51.4 Å². The molecule has 0 atom stereocenters. The number of likely N-dealkylation sites (N-methyl/N-ethyl adjacent to an activating group) is 1. The molecule has 0 saturated heterocycles. The van der Waals surface area contributed by atoms with E-state index in [0.29, 0.717) is 6.54 Å². The number of carbonyl (C=O) groups excluding carboxylic acids is 1. The minimum atomic E-state index is -1.16. The van der Waals surface area contributed by atoms with E-state index in [1.165, 1.54) is 13.5 Å². The minimum Gasteiger partial charge on any atom is -0.645 e. The molecule has 1 amide bonds. The first-order valence-electron chi connectivity index (χ1n) is 1.85. The SMILES string of the molecule is CN([C-]=O)[CH-]C(=O)O.[K+].[W].[Y]. The van der Waals surface area contributed by atoms with Crippen LogP contribution in [-0.2, 0) is 63.4 Å². The van der Waals surface area contributed by atoms with Gasteiger partial charge in [0.25, 0.3) is 0 Å². The van der Waals surface area contributed by atoms with Crippen LogP contribution >= 0.6 is 0 Å². The number of carboxylic acids is 1. The van der Waals surface area contributed by atoms with Gasteiger partial charge in [-0.05, 0) is 7.05 Å². The Kier molecular flexibility index (Phi) is 31.1. The van der Waals surface area contributed by atoms with Crippen LogP contribution in [0.1, 0.15) is 0 Å². The van der Waals surface area contributed by atoms with Crippen LogP contribution < -0.4 is 51.4 Å². The molecule has 55 valence electrons. The number of hydrogen-bond acceptors (Lipinski definition) is 2. The van der Waals surface area contributed by atoms with Crippen LogP contribution in [0, 0.1) is 6.54 Å². The van der Waals surface area contributed by atoms with Crippen molar-refractivity contribution in [1.82, 2.24) is 4.90 Å². The van der Waals surface area contributed by atoms with Crippen molar-refractivity contribution < 1.29 is 120 Å². The smallest absolute Gasteiger partial charge is 0.645 e. The number of carboxylic acid groups (broad SMARTS) is 1. The maximum atomic E-state index is 9.69. The number of rotatable bonds is 3. The van der Waals surface area contributed by atoms with Gasteiger partial charge in [-0.1, -0.05) is 0 Å². The molecule has 0 saturated carbocycles. The fourth-order valence-electron chi connectivity index (χ4n) is 0.192. The Hall–Kier alpha value is 2.24. The van der Waals surface area contributed by atoms with Crippen molar-refractivity contribution in [3.63, 3.8) is 0 Å². The van der Waals surface area contributed by atoms with E-state index in [1.54, 1.807) is 0 Å². The first kappa shape index (κ1) is 23.2. The summed E-state index contributed by atoms with van der Waals surface area (Å²) in [5, 5.41) is 7.94. The quantitative estimate of drug-likeness (QED) is 0.286. The Bertz CT molecular complexity index is 116. The molecule has 4 nitrogen and oxygen atoms in total. The fraction of sp³-hybridized carbons (Fsp3) is 0.250. The third-order valence-electron chi connectivity index (χ3n) is 0.448. The van der Waals surface area contributed by atoms with Gasteiger partial charge in [0.15, 0.2) is 5.97 Å². The second-order valence-corrected chi connectivity index (χ2v) is 1.17. The van der Waals surface area contributed by atoms with Crippen molar-refractivity contribution in [2.75, 3.05) is 7.05 Å². The van der Waals surface area contributed by atoms with Crippen LogP contribution in [0.15, 0.2) is 0 Å². The van der Waals surface area contributed by atoms with Crippen molar-refractivity contribution >= 4 is 12.4 Å². The molecule has 0 aliphatic rings. The zero-order valence-electron chi connectivity index (χ0n) is 6.27. The van der Waals surface area contributed by atoms with E-state index in [4.69, 9.17) is 5.11 Å². The van der Waals surface area contributed by atoms with Crippen molar-refractivity contribution in [2.45, 2.75) is 0 Å². The standard InChI is InChI=1S/C4H5NO3.K.W.Y/c1-5(3-6)2-4(7)8;;;/h2H,1H3,(H,7,8);;;/q-2;+1;;. The maximum Gasteiger partial charge on any atom is 1.00 e. The van der Waals surface area contributed by atoms with Crippen LogP contribution in [0.2, 0.25) is 0 Å². The predicted octanol–water partition coefficient (Wildman–Crippen LogP) is -3.77. The van der Waals surface area contributed by atoms with Crippen molar-refractivity contribution in [3.05, 3.63) is 6.54 Å². The molecular weight excluding hydrogens is 422 g/mol. The number of nitrogens with zero attached hydrogens (tertiary/aromatic N) is 1. The van der Waals surface area contributed by atoms with Crippen molar-refractivity contribution in [3.8, 4) is 0 Å². The summed E-state index contributed by atoms with van der Waals surface area (Å²) in [7, 11) is 1.29. The average Bonchev–Trinajstić information content (AvgIpc) is 1.65. The number of aliphatic carboxylic acids is 1. The van der Waals surface area contributed by atoms with Gasteiger partial charge in [-0.25, -0.2) is 6.54 Å². The molecule has 0 aromatic heterocycles. The van der Waals surface area contributed by atoms with Crippen LogP contribution in [0.5, 0.6) is 0 Å². The molecule has 0 aromatic carbocycles. The minimum absolute atomic E-state index is 0. The Morgan fingerprint density at radius 3 is 2.09 bits per heavy atom. The van der Waals surface area contributed by atoms with E-state index in [1.807, 2.05) is 0 Å². The molecule has 0 unspecified atom stereocenters. The van der Waals surface area contributed by atoms with Crippen LogP contribution in [0.3, 0.4) is 0 Å². The van der Waals surface area contributed by atoms with Crippen LogP contribution in [-0.4, -0.2) is 29.4 Å². The summed E-state index contributed by atoms with van der Waals surface area (Å²) in [6.07, 6.45) is 1.34. The predicted molar refractivity (Wildman–Crippen MR) is 25.4 cm³/mol. The van der Waals surface area contributed by atoms with Gasteiger partial charge in [0.2, 0.25) is 0 Å². The Balaban J connectivity index is -0.0000000817. The van der Waals surface area contributed by atoms with Gasteiger partial charge in [0.05, 0.1) is 0 Å². The van der Waals surface area contributed by atoms with Crippen molar-refractivity contribution in [1.29, 1.82) is 0 Å². The summed E-state index contributed by atoms with van der Waals surface area (Å²) in [6, 6.07) is 0. The topological polar surface area (TPSA) is 57.6 Å². The molecule has 0 bridgehead atoms. The summed E-state index contributed by atoms with van der Waals surface area (Å²) < 4.78 is 0. The molecule has 0 fully saturated rings. The first-order chi connectivity index (χ1) is 3.66. The van der Waals surface area contributed by atoms with Gasteiger partial charge in [-0.3, -0.25) is 4.79 Å². The largest absolute Gasteiger partial charge is 1.00 e. The zero-order valence-corrected chi connectivity index (χ0v) is 15.2. The van der Waals surface area contributed by atoms with Gasteiger partial charge < -0.3 is 14.8 Å². The molecule has 0 spiro atoms. The molecular formula is C4H5KNO3WY-. The molecule has 0 aromatic rings. The first-order valence-corrected chi connectivity index (χ1v) is 1.85. The van der Waals surface area contributed by atoms with E-state index in [2.05, 4.69) is 0 Å². The van der Waals surface area contributed by atoms with Crippen LogP contribution in [0.25, 0.3) is 0 Å². The van der Waals surface area contributed by atoms with E-state index >= 15 is 0 Å². The molecule has 0 heterocycles. The molecule has 0 aliphatic carbocycles. The monoisotopic (exact) mass is 427 g/mol. The molecule has 11 heavy (non-hydrogen) atoms. The molecule has 7 heteroatoms. The third-order valence-corrected chi connectivity index (χ3v) is 0.448. The summed E-state index contributed by atoms with van der Waals surface area (Å²) in [5.41, 5.74) is 0. The molecule has 0 rings (SSSR count). The number of amides is 1. The van der Waals surface area contributed by atoms with Crippen LogP contribution in [0.4, 0.5) is 0 Å². The molecule has 1 radical (unpaired) electrons. The van der Waals surface area contributed by atoms with E-state index in [9.17, 15) is 9.59 Å². The number of hydrogen-bond donors (Lipinski definition) is 1. The van der Waals surface area contributed by atoms with Gasteiger partial charge in [0.1, 0.15) is 0 Å². The number of carbonyl (C=O) groups is 1. The Labute approximate surface area is 147 Å². The van der Waals surface area contributed by atoms with Crippen molar-refractivity contribution in [2.24, 2.45) is 0 Å². The fourth-order valence-corrected chi connectivity index (χ4v) is 0.192. The summed E-state index contributed by atoms with van der Waals surface area (Å²) >= 11 is 0. The van der Waals surface area contributed by atoms with Gasteiger partial charge in [-0.2, -0.15) is 6.41 Å². The summed E-state index contributed by atoms with van der Waals surface area (Å²) in [4.78, 5) is 20.0. The third kappa shape index (κ3) is 18.9. The second kappa shape index (κ2) is 14.7. The van der Waals surface area contributed by atoms with E-state index in [-0.39, 0.29) is 105 Å². The molecule has 1 N–H and O–H groups in total. The van der Waals surface area contributed by atoms with E-state index < -0.39 is 5.97 Å². The van der Waals surface area contributed by atoms with E-state index in [0.717, 1.165) is 4.90 Å². The average molecular weight is 427 g/mol. The van der Waals surface area contributed by atoms with Gasteiger partial charge in [0, 0.05) is 53.8 Å². The Morgan fingerprint density at radius 2 is 2.00 bits per heavy atom. The molecule has 0 aliphatic heterocycles. The summed E-state index contributed by atoms with van der Waals surface area (Å²) in [5.74, 6) is -1.16. The summed E-state index contributed by atoms with van der Waals surface area (Å²) in [6.45, 7) is 0.715. The second-order valence-electron chi connectivity index (χ2n) is 1.17. The van der Waals surface area contributed by atoms with Gasteiger partial charge in [-0.15, -0.1) is 0 Å².